The van der Waals surface area contributed by atoms with E-state index in [9.17, 15) is 9.18 Å². The minimum absolute atomic E-state index is 0.0121. The van der Waals surface area contributed by atoms with Gasteiger partial charge >= 0.3 is 0 Å². The van der Waals surface area contributed by atoms with Crippen molar-refractivity contribution in [3.8, 4) is 0 Å². The van der Waals surface area contributed by atoms with Gasteiger partial charge in [-0.3, -0.25) is 4.79 Å². The lowest BCUT2D eigenvalue weighted by atomic mass is 9.64. The zero-order chi connectivity index (χ0) is 14.2. The fourth-order valence-electron chi connectivity index (χ4n) is 2.48. The minimum Gasteiger partial charge on any atom is -0.399 e. The summed E-state index contributed by atoms with van der Waals surface area (Å²) in [7, 11) is 1.66. The summed E-state index contributed by atoms with van der Waals surface area (Å²) in [6, 6.07) is 4.06. The van der Waals surface area contributed by atoms with E-state index in [2.05, 4.69) is 5.32 Å². The fourth-order valence-corrected chi connectivity index (χ4v) is 2.48. The maximum atomic E-state index is 13.6. The molecule has 19 heavy (non-hydrogen) atoms. The molecule has 1 amide bonds. The van der Waals surface area contributed by atoms with Crippen LogP contribution in [0.2, 0.25) is 0 Å². The third-order valence-corrected chi connectivity index (χ3v) is 4.01. The van der Waals surface area contributed by atoms with Gasteiger partial charge in [0.2, 0.25) is 0 Å². The van der Waals surface area contributed by atoms with Crippen molar-refractivity contribution < 1.29 is 13.9 Å². The Kier molecular flexibility index (Phi) is 3.49. The molecule has 1 aliphatic rings. The van der Waals surface area contributed by atoms with Crippen molar-refractivity contribution in [2.24, 2.45) is 5.41 Å². The first kappa shape index (κ1) is 13.8. The molecule has 2 atom stereocenters. The summed E-state index contributed by atoms with van der Waals surface area (Å²) in [4.78, 5) is 12.0. The van der Waals surface area contributed by atoms with Crippen LogP contribution < -0.4 is 11.1 Å². The third kappa shape index (κ3) is 2.42. The Labute approximate surface area is 112 Å². The number of halogens is 1. The summed E-state index contributed by atoms with van der Waals surface area (Å²) in [5.74, 6) is -1.01. The summed E-state index contributed by atoms with van der Waals surface area (Å²) in [6.07, 6.45) is 0.861. The smallest absolute Gasteiger partial charge is 0.254 e. The highest BCUT2D eigenvalue weighted by atomic mass is 19.1. The van der Waals surface area contributed by atoms with E-state index in [0.717, 1.165) is 12.5 Å². The molecule has 104 valence electrons. The molecular weight excluding hydrogens is 247 g/mol. The second-order valence-electron chi connectivity index (χ2n) is 5.55. The van der Waals surface area contributed by atoms with Gasteiger partial charge in [-0.1, -0.05) is 13.8 Å². The van der Waals surface area contributed by atoms with Gasteiger partial charge in [-0.15, -0.1) is 0 Å². The van der Waals surface area contributed by atoms with Crippen LogP contribution in [-0.2, 0) is 4.74 Å². The van der Waals surface area contributed by atoms with Crippen LogP contribution in [0.25, 0.3) is 0 Å². The van der Waals surface area contributed by atoms with Gasteiger partial charge in [0.15, 0.2) is 0 Å². The van der Waals surface area contributed by atoms with Gasteiger partial charge in [-0.05, 0) is 24.6 Å². The third-order valence-electron chi connectivity index (χ3n) is 4.01. The highest BCUT2D eigenvalue weighted by Crippen LogP contribution is 2.42. The Hall–Kier alpha value is -1.62. The van der Waals surface area contributed by atoms with Crippen LogP contribution in [-0.4, -0.2) is 25.2 Å². The summed E-state index contributed by atoms with van der Waals surface area (Å²) in [6.45, 7) is 4.05. The van der Waals surface area contributed by atoms with Gasteiger partial charge in [0, 0.05) is 24.3 Å². The second kappa shape index (κ2) is 4.81. The van der Waals surface area contributed by atoms with E-state index >= 15 is 0 Å². The molecule has 3 N–H and O–H groups in total. The highest BCUT2D eigenvalue weighted by Gasteiger charge is 2.49. The molecule has 1 aromatic carbocycles. The molecule has 4 nitrogen and oxygen atoms in total. The Morgan fingerprint density at radius 2 is 2.21 bits per heavy atom. The van der Waals surface area contributed by atoms with Gasteiger partial charge in [0.1, 0.15) is 5.82 Å². The molecule has 1 fully saturated rings. The van der Waals surface area contributed by atoms with Crippen molar-refractivity contribution in [1.29, 1.82) is 0 Å². The molecule has 0 radical (unpaired) electrons. The minimum atomic E-state index is -0.599. The van der Waals surface area contributed by atoms with Crippen molar-refractivity contribution in [3.63, 3.8) is 0 Å². The van der Waals surface area contributed by atoms with Crippen LogP contribution >= 0.6 is 0 Å². The first-order valence-corrected chi connectivity index (χ1v) is 6.25. The van der Waals surface area contributed by atoms with Crippen LogP contribution in [0.4, 0.5) is 10.1 Å². The summed E-state index contributed by atoms with van der Waals surface area (Å²) >= 11 is 0. The van der Waals surface area contributed by atoms with E-state index in [1.807, 2.05) is 13.8 Å². The molecule has 0 saturated heterocycles. The number of methoxy groups -OCH3 is 1. The van der Waals surface area contributed by atoms with Crippen LogP contribution in [0, 0.1) is 11.2 Å². The number of carbonyl (C=O) groups is 1. The summed E-state index contributed by atoms with van der Waals surface area (Å²) in [5.41, 5.74) is 5.64. The monoisotopic (exact) mass is 266 g/mol. The topological polar surface area (TPSA) is 64.3 Å². The molecule has 1 saturated carbocycles. The largest absolute Gasteiger partial charge is 0.399 e. The standard InChI is InChI=1S/C14H19FN2O2/c1-14(2)11(7-12(14)19-3)17-13(18)9-5-4-8(16)6-10(9)15/h4-6,11-12H,7,16H2,1-3H3,(H,17,18). The predicted molar refractivity (Wildman–Crippen MR) is 71.3 cm³/mol. The molecule has 0 heterocycles. The van der Waals surface area contributed by atoms with Crippen LogP contribution in [0.5, 0.6) is 0 Å². The fraction of sp³-hybridized carbons (Fsp3) is 0.500. The zero-order valence-corrected chi connectivity index (χ0v) is 11.4. The van der Waals surface area contributed by atoms with Gasteiger partial charge in [-0.25, -0.2) is 4.39 Å². The lowest BCUT2D eigenvalue weighted by Crippen LogP contribution is -2.61. The number of nitrogens with one attached hydrogen (secondary N) is 1. The predicted octanol–water partition coefficient (Wildman–Crippen LogP) is 1.95. The van der Waals surface area contributed by atoms with Crippen LogP contribution in [0.3, 0.4) is 0 Å². The van der Waals surface area contributed by atoms with Crippen LogP contribution in [0.1, 0.15) is 30.6 Å². The summed E-state index contributed by atoms with van der Waals surface area (Å²) in [5, 5.41) is 2.85. The Morgan fingerprint density at radius 1 is 1.53 bits per heavy atom. The molecule has 1 aromatic rings. The lowest BCUT2D eigenvalue weighted by Gasteiger charge is -2.51. The molecule has 0 aromatic heterocycles. The summed E-state index contributed by atoms with van der Waals surface area (Å²) < 4.78 is 19.0. The molecule has 2 rings (SSSR count). The molecule has 5 heteroatoms. The molecule has 0 spiro atoms. The molecule has 2 unspecified atom stereocenters. The maximum Gasteiger partial charge on any atom is 0.254 e. The lowest BCUT2D eigenvalue weighted by molar-refractivity contribution is -0.0942. The Balaban J connectivity index is 2.07. The quantitative estimate of drug-likeness (QED) is 0.822. The number of rotatable bonds is 3. The average molecular weight is 266 g/mol. The molecule has 0 bridgehead atoms. The van der Waals surface area contributed by atoms with E-state index in [1.54, 1.807) is 7.11 Å². The number of benzene rings is 1. The number of carbonyl (C=O) groups excluding carboxylic acids is 1. The van der Waals surface area contributed by atoms with E-state index in [-0.39, 0.29) is 23.1 Å². The SMILES string of the molecule is COC1CC(NC(=O)c2ccc(N)cc2F)C1(C)C. The molecule has 1 aliphatic carbocycles. The van der Waals surface area contributed by atoms with Crippen molar-refractivity contribution >= 4 is 11.6 Å². The van der Waals surface area contributed by atoms with Crippen molar-refractivity contribution in [2.75, 3.05) is 12.8 Å². The second-order valence-corrected chi connectivity index (χ2v) is 5.55. The number of nitrogens with two attached hydrogens (primary N) is 1. The molecule has 0 aliphatic heterocycles. The normalized spacial score (nSPS) is 24.6. The van der Waals surface area contributed by atoms with E-state index in [0.29, 0.717) is 5.69 Å². The molecular formula is C14H19FN2O2. The van der Waals surface area contributed by atoms with E-state index in [4.69, 9.17) is 10.5 Å². The van der Waals surface area contributed by atoms with Gasteiger partial charge < -0.3 is 15.8 Å². The van der Waals surface area contributed by atoms with E-state index in [1.165, 1.54) is 12.1 Å². The first-order valence-electron chi connectivity index (χ1n) is 6.25. The highest BCUT2D eigenvalue weighted by molar-refractivity contribution is 5.95. The first-order chi connectivity index (χ1) is 8.86. The number of anilines is 1. The number of hydrogen-bond donors (Lipinski definition) is 2. The van der Waals surface area contributed by atoms with Gasteiger partial charge in [-0.2, -0.15) is 0 Å². The maximum absolute atomic E-state index is 13.6. The number of nitrogen functional groups attached to an aromatic ring is 1. The zero-order valence-electron chi connectivity index (χ0n) is 11.4. The average Bonchev–Trinajstić information content (AvgIpc) is 2.33. The van der Waals surface area contributed by atoms with Crippen molar-refractivity contribution in [1.82, 2.24) is 5.32 Å². The van der Waals surface area contributed by atoms with E-state index < -0.39 is 11.7 Å². The van der Waals surface area contributed by atoms with Gasteiger partial charge in [0.25, 0.3) is 5.91 Å². The van der Waals surface area contributed by atoms with Crippen molar-refractivity contribution in [3.05, 3.63) is 29.6 Å². The number of amides is 1. The van der Waals surface area contributed by atoms with Gasteiger partial charge in [0.05, 0.1) is 11.7 Å². The number of ether oxygens (including phenoxy) is 1. The van der Waals surface area contributed by atoms with Crippen molar-refractivity contribution in [2.45, 2.75) is 32.4 Å². The Morgan fingerprint density at radius 3 is 2.74 bits per heavy atom. The Bertz CT molecular complexity index is 502. The van der Waals surface area contributed by atoms with Crippen LogP contribution in [0.15, 0.2) is 18.2 Å². The number of hydrogen-bond acceptors (Lipinski definition) is 3.